The summed E-state index contributed by atoms with van der Waals surface area (Å²) in [6.07, 6.45) is 4.72. The molecule has 4 rings (SSSR count). The zero-order chi connectivity index (χ0) is 16.9. The van der Waals surface area contributed by atoms with Gasteiger partial charge in [-0.05, 0) is 31.6 Å². The van der Waals surface area contributed by atoms with E-state index in [1.807, 2.05) is 11.8 Å². The molecule has 0 aromatic carbocycles. The van der Waals surface area contributed by atoms with Gasteiger partial charge in [0.25, 0.3) is 5.91 Å². The molecule has 128 valence electrons. The monoisotopic (exact) mass is 329 g/mol. The van der Waals surface area contributed by atoms with E-state index in [1.54, 1.807) is 6.20 Å². The van der Waals surface area contributed by atoms with Gasteiger partial charge in [0.05, 0.1) is 11.8 Å². The van der Waals surface area contributed by atoms with Crippen molar-refractivity contribution in [1.82, 2.24) is 25.3 Å². The first-order chi connectivity index (χ1) is 11.5. The van der Waals surface area contributed by atoms with E-state index >= 15 is 0 Å². The molecule has 1 N–H and O–H groups in total. The van der Waals surface area contributed by atoms with Crippen molar-refractivity contribution in [2.75, 3.05) is 13.1 Å². The molecule has 24 heavy (non-hydrogen) atoms. The molecule has 0 bridgehead atoms. The fraction of sp³-hybridized carbons (Fsp3) is 0.647. The molecule has 1 aliphatic heterocycles. The standard InChI is InChI=1S/C17H23N5O2/c1-10(2)14-20-21-15(24-14)13-8-17(13)4-6-22(7-5-17)16(23)12-9-18-19-11(12)3/h9-10,13H,4-8H2,1-3H3,(H,18,19). The topological polar surface area (TPSA) is 87.9 Å². The SMILES string of the molecule is Cc1[nH]ncc1C(=O)N1CCC2(CC1)CC2c1nnc(C(C)C)o1. The first-order valence-corrected chi connectivity index (χ1v) is 8.63. The minimum atomic E-state index is 0.0770. The first-order valence-electron chi connectivity index (χ1n) is 8.63. The van der Waals surface area contributed by atoms with Crippen LogP contribution in [0.2, 0.25) is 0 Å². The zero-order valence-electron chi connectivity index (χ0n) is 14.4. The Balaban J connectivity index is 1.40. The van der Waals surface area contributed by atoms with Crippen molar-refractivity contribution in [3.63, 3.8) is 0 Å². The van der Waals surface area contributed by atoms with Crippen LogP contribution >= 0.6 is 0 Å². The van der Waals surface area contributed by atoms with Crippen molar-refractivity contribution in [2.24, 2.45) is 5.41 Å². The lowest BCUT2D eigenvalue weighted by Crippen LogP contribution is -2.39. The molecule has 1 saturated heterocycles. The number of hydrogen-bond donors (Lipinski definition) is 1. The summed E-state index contributed by atoms with van der Waals surface area (Å²) in [7, 11) is 0. The maximum absolute atomic E-state index is 12.6. The van der Waals surface area contributed by atoms with Gasteiger partial charge in [0.2, 0.25) is 11.8 Å². The molecule has 2 aromatic heterocycles. The lowest BCUT2D eigenvalue weighted by Gasteiger charge is -2.32. The Hall–Kier alpha value is -2.18. The van der Waals surface area contributed by atoms with E-state index in [9.17, 15) is 4.79 Å². The van der Waals surface area contributed by atoms with Crippen molar-refractivity contribution < 1.29 is 9.21 Å². The van der Waals surface area contributed by atoms with Gasteiger partial charge in [0.15, 0.2) is 0 Å². The molecule has 1 spiro atoms. The van der Waals surface area contributed by atoms with Crippen molar-refractivity contribution in [3.05, 3.63) is 29.2 Å². The Bertz CT molecular complexity index is 755. The van der Waals surface area contributed by atoms with Crippen LogP contribution in [0.3, 0.4) is 0 Å². The third-order valence-electron chi connectivity index (χ3n) is 5.54. The number of carbonyl (C=O) groups excluding carboxylic acids is 1. The highest BCUT2D eigenvalue weighted by Gasteiger charge is 2.58. The van der Waals surface area contributed by atoms with Gasteiger partial charge in [-0.15, -0.1) is 10.2 Å². The molecule has 2 aliphatic rings. The van der Waals surface area contributed by atoms with Crippen LogP contribution < -0.4 is 0 Å². The van der Waals surface area contributed by atoms with Crippen molar-refractivity contribution in [1.29, 1.82) is 0 Å². The number of carbonyl (C=O) groups is 1. The largest absolute Gasteiger partial charge is 0.425 e. The lowest BCUT2D eigenvalue weighted by atomic mass is 9.90. The number of nitrogens with one attached hydrogen (secondary N) is 1. The quantitative estimate of drug-likeness (QED) is 0.935. The molecular formula is C17H23N5O2. The molecule has 2 aromatic rings. The zero-order valence-corrected chi connectivity index (χ0v) is 14.4. The molecule has 3 heterocycles. The molecule has 7 nitrogen and oxygen atoms in total. The highest BCUT2D eigenvalue weighted by Crippen LogP contribution is 2.64. The number of aromatic nitrogens is 4. The molecule has 1 amide bonds. The normalized spacial score (nSPS) is 22.3. The summed E-state index contributed by atoms with van der Waals surface area (Å²) < 4.78 is 5.83. The molecule has 0 radical (unpaired) electrons. The molecule has 7 heteroatoms. The number of rotatable bonds is 3. The first kappa shape index (κ1) is 15.4. The average molecular weight is 329 g/mol. The van der Waals surface area contributed by atoms with Crippen LogP contribution in [0.4, 0.5) is 0 Å². The van der Waals surface area contributed by atoms with Crippen LogP contribution in [0.5, 0.6) is 0 Å². The Kier molecular flexibility index (Phi) is 3.47. The third-order valence-corrected chi connectivity index (χ3v) is 5.54. The number of aromatic amines is 1. The summed E-state index contributed by atoms with van der Waals surface area (Å²) in [6, 6.07) is 0. The van der Waals surface area contributed by atoms with Crippen molar-refractivity contribution >= 4 is 5.91 Å². The van der Waals surface area contributed by atoms with Crippen LogP contribution in [-0.4, -0.2) is 44.3 Å². The Morgan fingerprint density at radius 2 is 2.12 bits per heavy atom. The van der Waals surface area contributed by atoms with Crippen LogP contribution in [0.15, 0.2) is 10.6 Å². The van der Waals surface area contributed by atoms with Gasteiger partial charge in [0.1, 0.15) is 0 Å². The number of piperidine rings is 1. The maximum Gasteiger partial charge on any atom is 0.257 e. The van der Waals surface area contributed by atoms with E-state index in [4.69, 9.17) is 4.42 Å². The summed E-state index contributed by atoms with van der Waals surface area (Å²) in [5, 5.41) is 15.2. The Morgan fingerprint density at radius 1 is 1.38 bits per heavy atom. The summed E-state index contributed by atoms with van der Waals surface area (Å²) in [4.78, 5) is 14.5. The summed E-state index contributed by atoms with van der Waals surface area (Å²) in [5.41, 5.74) is 1.76. The van der Waals surface area contributed by atoms with E-state index in [0.29, 0.717) is 11.5 Å². The highest BCUT2D eigenvalue weighted by atomic mass is 16.4. The maximum atomic E-state index is 12.6. The Morgan fingerprint density at radius 3 is 2.71 bits per heavy atom. The van der Waals surface area contributed by atoms with Gasteiger partial charge in [0, 0.05) is 30.6 Å². The van der Waals surface area contributed by atoms with Crippen LogP contribution in [0.25, 0.3) is 0 Å². The van der Waals surface area contributed by atoms with Crippen LogP contribution in [0.1, 0.15) is 72.8 Å². The van der Waals surface area contributed by atoms with Crippen molar-refractivity contribution in [3.8, 4) is 0 Å². The fourth-order valence-corrected chi connectivity index (χ4v) is 3.76. The van der Waals surface area contributed by atoms with Crippen molar-refractivity contribution in [2.45, 2.75) is 51.9 Å². The van der Waals surface area contributed by atoms with Crippen LogP contribution in [-0.2, 0) is 0 Å². The Labute approximate surface area is 140 Å². The second kappa shape index (κ2) is 5.43. The molecule has 1 atom stereocenters. The van der Waals surface area contributed by atoms with E-state index in [2.05, 4.69) is 34.2 Å². The minimum Gasteiger partial charge on any atom is -0.425 e. The van der Waals surface area contributed by atoms with Gasteiger partial charge in [-0.3, -0.25) is 9.89 Å². The van der Waals surface area contributed by atoms with Gasteiger partial charge in [-0.25, -0.2) is 0 Å². The number of aryl methyl sites for hydroxylation is 1. The van der Waals surface area contributed by atoms with Gasteiger partial charge >= 0.3 is 0 Å². The summed E-state index contributed by atoms with van der Waals surface area (Å²) >= 11 is 0. The number of likely N-dealkylation sites (tertiary alicyclic amines) is 1. The predicted octanol–water partition coefficient (Wildman–Crippen LogP) is 2.63. The molecule has 1 unspecified atom stereocenters. The number of nitrogens with zero attached hydrogens (tertiary/aromatic N) is 4. The number of hydrogen-bond acceptors (Lipinski definition) is 5. The van der Waals surface area contributed by atoms with E-state index in [-0.39, 0.29) is 17.2 Å². The van der Waals surface area contributed by atoms with Gasteiger partial charge in [-0.2, -0.15) is 5.10 Å². The van der Waals surface area contributed by atoms with Crippen LogP contribution in [0, 0.1) is 12.3 Å². The number of amides is 1. The van der Waals surface area contributed by atoms with E-state index in [0.717, 1.165) is 49.8 Å². The van der Waals surface area contributed by atoms with Gasteiger partial charge in [-0.1, -0.05) is 13.8 Å². The van der Waals surface area contributed by atoms with E-state index < -0.39 is 0 Å². The molecular weight excluding hydrogens is 306 g/mol. The minimum absolute atomic E-state index is 0.0770. The number of H-pyrrole nitrogens is 1. The fourth-order valence-electron chi connectivity index (χ4n) is 3.76. The molecule has 1 saturated carbocycles. The smallest absolute Gasteiger partial charge is 0.257 e. The predicted molar refractivity (Wildman–Crippen MR) is 86.6 cm³/mol. The third kappa shape index (κ3) is 2.42. The van der Waals surface area contributed by atoms with Gasteiger partial charge < -0.3 is 9.32 Å². The highest BCUT2D eigenvalue weighted by molar-refractivity contribution is 5.95. The second-order valence-electron chi connectivity index (χ2n) is 7.45. The van der Waals surface area contributed by atoms with E-state index in [1.165, 1.54) is 0 Å². The summed E-state index contributed by atoms with van der Waals surface area (Å²) in [6.45, 7) is 7.56. The molecule has 2 fully saturated rings. The average Bonchev–Trinajstić information content (AvgIpc) is 2.96. The second-order valence-corrected chi connectivity index (χ2v) is 7.45. The molecule has 1 aliphatic carbocycles. The summed E-state index contributed by atoms with van der Waals surface area (Å²) in [5.74, 6) is 2.21. The lowest BCUT2D eigenvalue weighted by molar-refractivity contribution is 0.0672.